The molecule has 0 saturated carbocycles. The first-order valence-corrected chi connectivity index (χ1v) is 15.1. The van der Waals surface area contributed by atoms with Crippen LogP contribution in [0.3, 0.4) is 0 Å². The molecular formula is C32H38N2O7S2. The van der Waals surface area contributed by atoms with Gasteiger partial charge in [0.25, 0.3) is 0 Å². The van der Waals surface area contributed by atoms with Gasteiger partial charge in [0.15, 0.2) is 0 Å². The molecule has 0 aliphatic carbocycles. The summed E-state index contributed by atoms with van der Waals surface area (Å²) in [4.78, 5) is 50.2. The molecule has 0 radical (unpaired) electrons. The predicted octanol–water partition coefficient (Wildman–Crippen LogP) is 5.95. The Balaban J connectivity index is 2.13. The maximum Gasteiger partial charge on any atom is 0.338 e. The van der Waals surface area contributed by atoms with Crippen molar-refractivity contribution >= 4 is 52.0 Å². The fourth-order valence-electron chi connectivity index (χ4n) is 4.60. The van der Waals surface area contributed by atoms with Crippen molar-refractivity contribution < 1.29 is 33.8 Å². The Hall–Kier alpha value is -3.75. The Bertz CT molecular complexity index is 1360. The van der Waals surface area contributed by atoms with E-state index in [2.05, 4.69) is 11.4 Å². The molecule has 230 valence electrons. The second-order valence-electron chi connectivity index (χ2n) is 11.3. The molecule has 0 heterocycles. The van der Waals surface area contributed by atoms with Crippen molar-refractivity contribution in [2.24, 2.45) is 10.8 Å². The molecule has 0 saturated heterocycles. The van der Waals surface area contributed by atoms with Crippen LogP contribution in [-0.2, 0) is 19.1 Å². The van der Waals surface area contributed by atoms with E-state index in [1.54, 1.807) is 20.8 Å². The van der Waals surface area contributed by atoms with Crippen molar-refractivity contribution in [2.75, 3.05) is 13.2 Å². The molecule has 0 aliphatic rings. The predicted molar refractivity (Wildman–Crippen MR) is 169 cm³/mol. The Morgan fingerprint density at radius 1 is 0.977 bits per heavy atom. The normalized spacial score (nSPS) is 13.9. The molecule has 2 unspecified atom stereocenters. The highest BCUT2D eigenvalue weighted by Gasteiger charge is 2.48. The number of thioether (sulfide) groups is 1. The molecule has 0 spiro atoms. The van der Waals surface area contributed by atoms with E-state index in [4.69, 9.17) is 21.7 Å². The number of carbonyl (C=O) groups is 4. The van der Waals surface area contributed by atoms with Crippen LogP contribution in [-0.4, -0.2) is 51.0 Å². The summed E-state index contributed by atoms with van der Waals surface area (Å²) in [5.74, 6) is -2.27. The minimum Gasteiger partial charge on any atom is -0.481 e. The van der Waals surface area contributed by atoms with Crippen LogP contribution in [0.2, 0.25) is 0 Å². The topological polar surface area (TPSA) is 143 Å². The fourth-order valence-corrected chi connectivity index (χ4v) is 6.50. The molecule has 0 aliphatic heterocycles. The summed E-state index contributed by atoms with van der Waals surface area (Å²) in [5.41, 5.74) is -1.41. The van der Waals surface area contributed by atoms with Crippen molar-refractivity contribution in [1.29, 1.82) is 5.26 Å². The Morgan fingerprint density at radius 3 is 2.16 bits per heavy atom. The van der Waals surface area contributed by atoms with Gasteiger partial charge in [0.1, 0.15) is 12.4 Å². The molecule has 43 heavy (non-hydrogen) atoms. The molecule has 0 bridgehead atoms. The number of carbonyl (C=O) groups excluding carboxylic acids is 3. The van der Waals surface area contributed by atoms with E-state index >= 15 is 0 Å². The minimum atomic E-state index is -1.42. The summed E-state index contributed by atoms with van der Waals surface area (Å²) in [6, 6.07) is 17.2. The second-order valence-corrected chi connectivity index (χ2v) is 13.5. The van der Waals surface area contributed by atoms with Crippen LogP contribution in [0, 0.1) is 22.2 Å². The molecule has 1 amide bonds. The van der Waals surface area contributed by atoms with E-state index in [9.17, 15) is 29.5 Å². The summed E-state index contributed by atoms with van der Waals surface area (Å²) in [5, 5.41) is 22.5. The Kier molecular flexibility index (Phi) is 12.9. The SMILES string of the molecule is CCCC(=O)Oc1ccc(C(=O)OCCNC(=O)C(C)(CC(C)(CC(C)(C)C#N)C(=O)O)SC(=S)c2ccccc2)cc1. The number of nitrogens with zero attached hydrogens (tertiary/aromatic N) is 1. The van der Waals surface area contributed by atoms with Crippen LogP contribution < -0.4 is 10.1 Å². The highest BCUT2D eigenvalue weighted by atomic mass is 32.2. The zero-order chi connectivity index (χ0) is 32.3. The van der Waals surface area contributed by atoms with E-state index in [0.29, 0.717) is 22.8 Å². The number of hydrogen-bond acceptors (Lipinski definition) is 9. The number of aliphatic carboxylic acids is 1. The molecule has 2 rings (SSSR count). The van der Waals surface area contributed by atoms with E-state index in [-0.39, 0.29) is 37.5 Å². The standard InChI is InChI=1S/C32H38N2O7S2/c1-6-10-25(35)41-24-15-13-22(14-16-24)26(36)40-18-17-34-28(37)32(5,43-27(42)23-11-8-7-9-12-23)20-31(4,29(38)39)19-30(2,3)21-33/h7-9,11-16H,6,10,17-20H2,1-5H3,(H,34,37)(H,38,39). The number of esters is 2. The average Bonchev–Trinajstić information content (AvgIpc) is 2.95. The summed E-state index contributed by atoms with van der Waals surface area (Å²) >= 11 is 6.72. The molecular weight excluding hydrogens is 588 g/mol. The lowest BCUT2D eigenvalue weighted by molar-refractivity contribution is -0.150. The van der Waals surface area contributed by atoms with Crippen molar-refractivity contribution in [2.45, 2.75) is 65.0 Å². The Morgan fingerprint density at radius 2 is 1.60 bits per heavy atom. The van der Waals surface area contributed by atoms with Gasteiger partial charge in [-0.25, -0.2) is 4.79 Å². The smallest absolute Gasteiger partial charge is 0.338 e. The number of rotatable bonds is 15. The van der Waals surface area contributed by atoms with Crippen LogP contribution in [0.1, 0.15) is 76.2 Å². The Labute approximate surface area is 262 Å². The average molecular weight is 627 g/mol. The number of ether oxygens (including phenoxy) is 2. The lowest BCUT2D eigenvalue weighted by Crippen LogP contribution is -2.49. The van der Waals surface area contributed by atoms with Crippen molar-refractivity contribution in [3.05, 3.63) is 65.7 Å². The zero-order valence-corrected chi connectivity index (χ0v) is 26.7. The van der Waals surface area contributed by atoms with Crippen LogP contribution in [0.5, 0.6) is 5.75 Å². The zero-order valence-electron chi connectivity index (χ0n) is 25.1. The molecule has 2 atom stereocenters. The number of carboxylic acids is 1. The summed E-state index contributed by atoms with van der Waals surface area (Å²) in [6.07, 6.45) is 0.856. The maximum atomic E-state index is 13.6. The van der Waals surface area contributed by atoms with Crippen LogP contribution >= 0.6 is 24.0 Å². The molecule has 11 heteroatoms. The van der Waals surface area contributed by atoms with Gasteiger partial charge in [-0.2, -0.15) is 5.26 Å². The van der Waals surface area contributed by atoms with Gasteiger partial charge in [0, 0.05) is 6.42 Å². The van der Waals surface area contributed by atoms with Gasteiger partial charge in [0.2, 0.25) is 5.91 Å². The number of amides is 1. The molecule has 2 N–H and O–H groups in total. The maximum absolute atomic E-state index is 13.6. The first-order chi connectivity index (χ1) is 20.1. The van der Waals surface area contributed by atoms with Gasteiger partial charge in [0.05, 0.1) is 38.0 Å². The van der Waals surface area contributed by atoms with Gasteiger partial charge in [-0.05, 0) is 76.8 Å². The monoisotopic (exact) mass is 626 g/mol. The third-order valence-corrected chi connectivity index (χ3v) is 8.27. The van der Waals surface area contributed by atoms with Gasteiger partial charge < -0.3 is 19.9 Å². The van der Waals surface area contributed by atoms with Crippen molar-refractivity contribution in [1.82, 2.24) is 5.32 Å². The first-order valence-electron chi connectivity index (χ1n) is 13.8. The fraction of sp³-hybridized carbons (Fsp3) is 0.438. The van der Waals surface area contributed by atoms with E-state index in [1.807, 2.05) is 37.3 Å². The molecule has 0 aromatic heterocycles. The molecule has 9 nitrogen and oxygen atoms in total. The van der Waals surface area contributed by atoms with Crippen molar-refractivity contribution in [3.8, 4) is 11.8 Å². The number of hydrogen-bond donors (Lipinski definition) is 2. The number of nitrogens with one attached hydrogen (secondary N) is 1. The summed E-state index contributed by atoms with van der Waals surface area (Å²) < 4.78 is 9.56. The van der Waals surface area contributed by atoms with Crippen LogP contribution in [0.25, 0.3) is 0 Å². The second kappa shape index (κ2) is 15.6. The van der Waals surface area contributed by atoms with Gasteiger partial charge >= 0.3 is 17.9 Å². The summed E-state index contributed by atoms with van der Waals surface area (Å²) in [6.45, 7) is 8.18. The molecule has 2 aromatic carbocycles. The lowest BCUT2D eigenvalue weighted by atomic mass is 9.70. The van der Waals surface area contributed by atoms with Gasteiger partial charge in [-0.1, -0.05) is 61.2 Å². The third kappa shape index (κ3) is 10.8. The highest BCUT2D eigenvalue weighted by Crippen LogP contribution is 2.45. The van der Waals surface area contributed by atoms with Gasteiger partial charge in [-0.3, -0.25) is 14.4 Å². The minimum absolute atomic E-state index is 0.0154. The number of carboxylic acid groups (broad SMARTS) is 1. The summed E-state index contributed by atoms with van der Waals surface area (Å²) in [7, 11) is 0. The van der Waals surface area contributed by atoms with Gasteiger partial charge in [-0.15, -0.1) is 0 Å². The van der Waals surface area contributed by atoms with E-state index in [0.717, 1.165) is 17.3 Å². The largest absolute Gasteiger partial charge is 0.481 e. The van der Waals surface area contributed by atoms with E-state index in [1.165, 1.54) is 31.2 Å². The first kappa shape index (κ1) is 35.4. The highest BCUT2D eigenvalue weighted by molar-refractivity contribution is 8.25. The van der Waals surface area contributed by atoms with E-state index < -0.39 is 33.4 Å². The molecule has 2 aromatic rings. The van der Waals surface area contributed by atoms with Crippen molar-refractivity contribution in [3.63, 3.8) is 0 Å². The van der Waals surface area contributed by atoms with Crippen LogP contribution in [0.4, 0.5) is 0 Å². The number of nitriles is 1. The number of thiocarbonyl (C=S) groups is 1. The quantitative estimate of drug-likeness (QED) is 0.105. The van der Waals surface area contributed by atoms with Crippen LogP contribution in [0.15, 0.2) is 54.6 Å². The molecule has 0 fully saturated rings. The third-order valence-electron chi connectivity index (χ3n) is 6.58. The number of benzene rings is 2. The lowest BCUT2D eigenvalue weighted by Gasteiger charge is -2.38.